The first-order chi connectivity index (χ1) is 12.8. The van der Waals surface area contributed by atoms with Crippen LogP contribution in [0.25, 0.3) is 10.9 Å². The lowest BCUT2D eigenvalue weighted by Crippen LogP contribution is -2.24. The number of fused-ring (bicyclic) bond motifs is 1. The van der Waals surface area contributed by atoms with Gasteiger partial charge in [-0.15, -0.1) is 0 Å². The number of carbonyl (C=O) groups excluding carboxylic acids is 3. The summed E-state index contributed by atoms with van der Waals surface area (Å²) in [5.74, 6) is -2.03. The number of rotatable bonds is 8. The summed E-state index contributed by atoms with van der Waals surface area (Å²) in [6.45, 7) is 6.08. The Hall–Kier alpha value is -3.09. The minimum Gasteiger partial charge on any atom is -0.481 e. The summed E-state index contributed by atoms with van der Waals surface area (Å²) >= 11 is 0. The summed E-state index contributed by atoms with van der Waals surface area (Å²) < 4.78 is 12.2. The molecule has 0 aliphatic carbocycles. The number of amides is 1. The fraction of sp³-hybridized carbons (Fsp3) is 0.350. The molecule has 0 aliphatic heterocycles. The van der Waals surface area contributed by atoms with Crippen LogP contribution in [0.15, 0.2) is 29.8 Å². The van der Waals surface area contributed by atoms with Gasteiger partial charge in [-0.3, -0.25) is 9.59 Å². The molecule has 27 heavy (non-hydrogen) atoms. The van der Waals surface area contributed by atoms with Crippen LogP contribution in [0.2, 0.25) is 0 Å². The van der Waals surface area contributed by atoms with E-state index in [0.717, 1.165) is 11.1 Å². The monoisotopic (exact) mass is 372 g/mol. The van der Waals surface area contributed by atoms with Gasteiger partial charge >= 0.3 is 5.97 Å². The fourth-order valence-corrected chi connectivity index (χ4v) is 2.99. The molecular weight excluding hydrogens is 348 g/mol. The molecule has 1 aromatic heterocycles. The number of allylic oxidation sites excluding steroid dienone is 2. The largest absolute Gasteiger partial charge is 0.481 e. The number of Topliss-reactive ketones (excluding diaryl/α,β-unsaturated/α-hetero) is 1. The van der Waals surface area contributed by atoms with E-state index >= 15 is 0 Å². The fourth-order valence-electron chi connectivity index (χ4n) is 2.99. The van der Waals surface area contributed by atoms with Gasteiger partial charge in [0.15, 0.2) is 6.61 Å². The Labute approximate surface area is 157 Å². The van der Waals surface area contributed by atoms with E-state index in [0.29, 0.717) is 29.8 Å². The number of ether oxygens (including phenoxy) is 2. The molecule has 0 spiro atoms. The lowest BCUT2D eigenvalue weighted by atomic mass is 10.0. The van der Waals surface area contributed by atoms with E-state index in [2.05, 4.69) is 4.74 Å². The zero-order chi connectivity index (χ0) is 20.1. The van der Waals surface area contributed by atoms with Gasteiger partial charge in [0.1, 0.15) is 5.75 Å². The zero-order valence-electron chi connectivity index (χ0n) is 16.0. The summed E-state index contributed by atoms with van der Waals surface area (Å²) in [4.78, 5) is 35.7. The van der Waals surface area contributed by atoms with Gasteiger partial charge in [-0.05, 0) is 32.4 Å². The number of aromatic nitrogens is 1. The number of ketones is 1. The van der Waals surface area contributed by atoms with Crippen molar-refractivity contribution in [3.8, 4) is 5.75 Å². The van der Waals surface area contributed by atoms with Crippen molar-refractivity contribution >= 4 is 28.6 Å². The second-order valence-electron chi connectivity index (χ2n) is 6.10. The van der Waals surface area contributed by atoms with Crippen molar-refractivity contribution in [2.45, 2.75) is 33.7 Å². The Morgan fingerprint density at radius 1 is 1.26 bits per heavy atom. The van der Waals surface area contributed by atoms with E-state index in [-0.39, 0.29) is 12.2 Å². The van der Waals surface area contributed by atoms with E-state index in [1.54, 1.807) is 12.1 Å². The van der Waals surface area contributed by atoms with Gasteiger partial charge in [0.25, 0.3) is 11.7 Å². The van der Waals surface area contributed by atoms with E-state index < -0.39 is 17.7 Å². The molecule has 1 heterocycles. The first-order valence-electron chi connectivity index (χ1n) is 8.65. The highest BCUT2D eigenvalue weighted by atomic mass is 16.6. The molecule has 2 N–H and O–H groups in total. The molecule has 0 saturated heterocycles. The van der Waals surface area contributed by atoms with Gasteiger partial charge in [0, 0.05) is 12.2 Å². The molecule has 0 aliphatic rings. The minimum atomic E-state index is -1.03. The molecule has 0 fully saturated rings. The first kappa shape index (κ1) is 20.2. The van der Waals surface area contributed by atoms with Crippen molar-refractivity contribution < 1.29 is 23.9 Å². The van der Waals surface area contributed by atoms with Crippen LogP contribution in [-0.4, -0.2) is 35.9 Å². The van der Waals surface area contributed by atoms with Crippen LogP contribution in [-0.2, 0) is 27.3 Å². The van der Waals surface area contributed by atoms with E-state index in [9.17, 15) is 14.4 Å². The molecule has 144 valence electrons. The highest BCUT2D eigenvalue weighted by Gasteiger charge is 2.27. The Balaban J connectivity index is 2.78. The SMILES string of the molecule is C/C=C(\C)Cn1c(CC)c(C(=O)C(N)=O)c2c(OCC(=O)OC)cccc21. The Bertz CT molecular complexity index is 924. The van der Waals surface area contributed by atoms with Crippen LogP contribution in [0.4, 0.5) is 0 Å². The second-order valence-corrected chi connectivity index (χ2v) is 6.10. The number of primary amides is 1. The Morgan fingerprint density at radius 3 is 2.52 bits per heavy atom. The smallest absolute Gasteiger partial charge is 0.343 e. The lowest BCUT2D eigenvalue weighted by Gasteiger charge is -2.11. The Morgan fingerprint density at radius 2 is 1.96 bits per heavy atom. The molecule has 2 aromatic rings. The maximum atomic E-state index is 12.6. The highest BCUT2D eigenvalue weighted by Crippen LogP contribution is 2.35. The van der Waals surface area contributed by atoms with Crippen LogP contribution in [0, 0.1) is 0 Å². The highest BCUT2D eigenvalue weighted by molar-refractivity contribution is 6.45. The van der Waals surface area contributed by atoms with Crippen molar-refractivity contribution in [1.82, 2.24) is 4.57 Å². The average molecular weight is 372 g/mol. The molecule has 0 atom stereocenters. The number of nitrogens with two attached hydrogens (primary N) is 1. The molecule has 0 radical (unpaired) electrons. The van der Waals surface area contributed by atoms with Gasteiger partial charge in [-0.2, -0.15) is 0 Å². The Kier molecular flexibility index (Phi) is 6.39. The third-order valence-electron chi connectivity index (χ3n) is 4.42. The molecule has 1 aromatic carbocycles. The first-order valence-corrected chi connectivity index (χ1v) is 8.65. The molecule has 1 amide bonds. The zero-order valence-corrected chi connectivity index (χ0v) is 16.0. The van der Waals surface area contributed by atoms with Crippen LogP contribution in [0.5, 0.6) is 5.75 Å². The van der Waals surface area contributed by atoms with Crippen LogP contribution >= 0.6 is 0 Å². The summed E-state index contributed by atoms with van der Waals surface area (Å²) in [5.41, 5.74) is 8.05. The average Bonchev–Trinajstić information content (AvgIpc) is 2.98. The van der Waals surface area contributed by atoms with Crippen LogP contribution in [0.1, 0.15) is 36.8 Å². The maximum absolute atomic E-state index is 12.6. The van der Waals surface area contributed by atoms with Crippen molar-refractivity contribution in [2.24, 2.45) is 5.73 Å². The quantitative estimate of drug-likeness (QED) is 0.332. The summed E-state index contributed by atoms with van der Waals surface area (Å²) in [7, 11) is 1.26. The number of nitrogens with zero attached hydrogens (tertiary/aromatic N) is 1. The second kappa shape index (κ2) is 8.53. The lowest BCUT2D eigenvalue weighted by molar-refractivity contribution is -0.142. The number of esters is 1. The molecule has 0 bridgehead atoms. The number of carbonyl (C=O) groups is 3. The van der Waals surface area contributed by atoms with Crippen molar-refractivity contribution in [1.29, 1.82) is 0 Å². The number of hydrogen-bond acceptors (Lipinski definition) is 5. The van der Waals surface area contributed by atoms with Gasteiger partial charge < -0.3 is 19.8 Å². The predicted octanol–water partition coefficient (Wildman–Crippen LogP) is 2.39. The number of benzene rings is 1. The summed E-state index contributed by atoms with van der Waals surface area (Å²) in [6, 6.07) is 5.27. The molecule has 0 saturated carbocycles. The van der Waals surface area contributed by atoms with E-state index in [4.69, 9.17) is 10.5 Å². The standard InChI is InChI=1S/C20H24N2O5/c1-5-12(3)10-22-13(6-2)18(19(24)20(21)25)17-14(22)8-7-9-15(17)27-11-16(23)26-4/h5,7-9H,6,10-11H2,1-4H3,(H2,21,25)/b12-5+. The number of hydrogen-bond donors (Lipinski definition) is 1. The molecular formula is C20H24N2O5. The third-order valence-corrected chi connectivity index (χ3v) is 4.42. The van der Waals surface area contributed by atoms with Crippen molar-refractivity contribution in [3.05, 3.63) is 41.1 Å². The summed E-state index contributed by atoms with van der Waals surface area (Å²) in [5, 5.41) is 0.478. The summed E-state index contributed by atoms with van der Waals surface area (Å²) in [6.07, 6.45) is 2.51. The van der Waals surface area contributed by atoms with Gasteiger partial charge in [0.2, 0.25) is 0 Å². The van der Waals surface area contributed by atoms with E-state index in [1.165, 1.54) is 7.11 Å². The van der Waals surface area contributed by atoms with Crippen LogP contribution < -0.4 is 10.5 Å². The molecule has 2 rings (SSSR count). The van der Waals surface area contributed by atoms with Crippen molar-refractivity contribution in [2.75, 3.05) is 13.7 Å². The van der Waals surface area contributed by atoms with E-state index in [1.807, 2.05) is 37.5 Å². The van der Waals surface area contributed by atoms with Gasteiger partial charge in [0.05, 0.1) is 23.6 Å². The van der Waals surface area contributed by atoms with Crippen molar-refractivity contribution in [3.63, 3.8) is 0 Å². The molecule has 7 nitrogen and oxygen atoms in total. The van der Waals surface area contributed by atoms with Gasteiger partial charge in [-0.1, -0.05) is 24.6 Å². The predicted molar refractivity (Wildman–Crippen MR) is 102 cm³/mol. The normalized spacial score (nSPS) is 11.5. The minimum absolute atomic E-state index is 0.226. The van der Waals surface area contributed by atoms with Gasteiger partial charge in [-0.25, -0.2) is 4.79 Å². The number of methoxy groups -OCH3 is 1. The maximum Gasteiger partial charge on any atom is 0.343 e. The molecule has 7 heteroatoms. The van der Waals surface area contributed by atoms with Crippen LogP contribution in [0.3, 0.4) is 0 Å². The molecule has 0 unspecified atom stereocenters. The topological polar surface area (TPSA) is 101 Å². The third kappa shape index (κ3) is 4.02.